The number of benzene rings is 1. The van der Waals surface area contributed by atoms with E-state index < -0.39 is 29.1 Å². The number of carboxylic acid groups (broad SMARTS) is 1. The van der Waals surface area contributed by atoms with Crippen LogP contribution in [0.25, 0.3) is 10.9 Å². The van der Waals surface area contributed by atoms with Gasteiger partial charge in [-0.05, 0) is 52.0 Å². The molecule has 1 aromatic carbocycles. The smallest absolute Gasteiger partial charge is 0.449 e. The van der Waals surface area contributed by atoms with Crippen molar-refractivity contribution >= 4 is 40.4 Å². The third-order valence-electron chi connectivity index (χ3n) is 7.44. The molecule has 2 fully saturated rings. The van der Waals surface area contributed by atoms with Gasteiger partial charge in [0.25, 0.3) is 0 Å². The topological polar surface area (TPSA) is 101 Å². The molecule has 38 heavy (non-hydrogen) atoms. The maximum absolute atomic E-state index is 15.7. The molecule has 0 spiro atoms. The number of fused-ring (bicyclic) bond motifs is 2. The minimum absolute atomic E-state index is 0.0160. The number of amides is 1. The van der Waals surface area contributed by atoms with Crippen molar-refractivity contribution in [3.8, 4) is 5.75 Å². The molecule has 1 amide bonds. The van der Waals surface area contributed by atoms with Crippen LogP contribution < -0.4 is 15.1 Å². The lowest BCUT2D eigenvalue weighted by Gasteiger charge is -2.36. The van der Waals surface area contributed by atoms with E-state index in [-0.39, 0.29) is 45.8 Å². The van der Waals surface area contributed by atoms with Crippen LogP contribution in [0.3, 0.4) is 0 Å². The van der Waals surface area contributed by atoms with E-state index in [0.717, 1.165) is 25.3 Å². The number of aromatic nitrogens is 1. The van der Waals surface area contributed by atoms with Gasteiger partial charge in [-0.1, -0.05) is 23.8 Å². The first-order valence-electron chi connectivity index (χ1n) is 12.7. The zero-order chi connectivity index (χ0) is 27.5. The van der Waals surface area contributed by atoms with Gasteiger partial charge in [-0.25, -0.2) is 14.0 Å². The zero-order valence-corrected chi connectivity index (χ0v) is 22.5. The van der Waals surface area contributed by atoms with Gasteiger partial charge < -0.3 is 28.9 Å². The molecule has 9 nitrogen and oxygen atoms in total. The van der Waals surface area contributed by atoms with Crippen LogP contribution in [0.5, 0.6) is 5.75 Å². The summed E-state index contributed by atoms with van der Waals surface area (Å²) in [6, 6.07) is 0.912. The predicted molar refractivity (Wildman–Crippen MR) is 141 cm³/mol. The van der Waals surface area contributed by atoms with Crippen molar-refractivity contribution in [2.75, 3.05) is 25.0 Å². The summed E-state index contributed by atoms with van der Waals surface area (Å²) in [6.07, 6.45) is 5.79. The Hall–Kier alpha value is -3.27. The number of hydrogen-bond acceptors (Lipinski definition) is 6. The second-order valence-corrected chi connectivity index (χ2v) is 11.7. The van der Waals surface area contributed by atoms with Crippen molar-refractivity contribution in [3.63, 3.8) is 0 Å². The van der Waals surface area contributed by atoms with Gasteiger partial charge in [0.2, 0.25) is 5.43 Å². The molecule has 3 atom stereocenters. The average molecular weight is 548 g/mol. The maximum Gasteiger partial charge on any atom is 0.511 e. The molecule has 204 valence electrons. The van der Waals surface area contributed by atoms with Crippen LogP contribution in [-0.4, -0.2) is 58.6 Å². The first-order chi connectivity index (χ1) is 17.9. The third kappa shape index (κ3) is 4.81. The van der Waals surface area contributed by atoms with Gasteiger partial charge in [-0.3, -0.25) is 4.79 Å². The van der Waals surface area contributed by atoms with Crippen molar-refractivity contribution in [3.05, 3.63) is 45.5 Å². The summed E-state index contributed by atoms with van der Waals surface area (Å²) in [7, 11) is 1.71. The molecule has 2 heterocycles. The Morgan fingerprint density at radius 1 is 1.24 bits per heavy atom. The van der Waals surface area contributed by atoms with Crippen molar-refractivity contribution < 1.29 is 28.6 Å². The van der Waals surface area contributed by atoms with E-state index in [2.05, 4.69) is 4.74 Å². The van der Waals surface area contributed by atoms with E-state index in [9.17, 15) is 14.4 Å². The molecule has 2 aliphatic carbocycles. The van der Waals surface area contributed by atoms with Crippen LogP contribution in [0.4, 0.5) is 19.7 Å². The van der Waals surface area contributed by atoms with Crippen LogP contribution in [0.2, 0.25) is 5.02 Å². The quantitative estimate of drug-likeness (QED) is 0.402. The highest BCUT2D eigenvalue weighted by atomic mass is 35.5. The van der Waals surface area contributed by atoms with E-state index >= 15 is 4.39 Å². The molecule has 1 aliphatic heterocycles. The number of hydrogen-bond donors (Lipinski definition) is 1. The summed E-state index contributed by atoms with van der Waals surface area (Å²) in [5, 5.41) is 9.12. The zero-order valence-electron chi connectivity index (χ0n) is 21.7. The maximum atomic E-state index is 15.7. The first-order valence-corrected chi connectivity index (χ1v) is 13.1. The standard InChI is InChI=1S/C27H31ClFN3O6/c1-27(2,3)38-25(34)30(4)19-7-5-6-14-11-31(12-17(14)19)23-18(29)10-16-22(21(23)28)32(15-8-9-15)13-20(24(16)33)37-26(35)36/h5,7,10,13-15,17,19H,6,8-9,11-12H2,1-4H3,(H,35,36). The summed E-state index contributed by atoms with van der Waals surface area (Å²) in [5.41, 5.74) is -0.791. The van der Waals surface area contributed by atoms with Crippen LogP contribution in [0, 0.1) is 17.7 Å². The van der Waals surface area contributed by atoms with Gasteiger partial charge in [0, 0.05) is 32.1 Å². The van der Waals surface area contributed by atoms with Crippen LogP contribution >= 0.6 is 11.6 Å². The number of ether oxygens (including phenoxy) is 2. The molecular weight excluding hydrogens is 517 g/mol. The Balaban J connectivity index is 1.51. The Morgan fingerprint density at radius 3 is 2.58 bits per heavy atom. The fraction of sp³-hybridized carbons (Fsp3) is 0.519. The summed E-state index contributed by atoms with van der Waals surface area (Å²) in [6.45, 7) is 6.45. The number of halogens is 2. The second-order valence-electron chi connectivity index (χ2n) is 11.3. The van der Waals surface area contributed by atoms with Crippen LogP contribution in [-0.2, 0) is 4.74 Å². The van der Waals surface area contributed by atoms with Crippen LogP contribution in [0.1, 0.15) is 46.1 Å². The molecule has 2 aromatic rings. The Kier molecular flexibility index (Phi) is 6.57. The highest BCUT2D eigenvalue weighted by Crippen LogP contribution is 2.45. The minimum Gasteiger partial charge on any atom is -0.449 e. The lowest BCUT2D eigenvalue weighted by Crippen LogP contribution is -2.46. The second kappa shape index (κ2) is 9.48. The molecule has 1 saturated heterocycles. The van der Waals surface area contributed by atoms with Crippen molar-refractivity contribution in [2.45, 2.75) is 57.7 Å². The number of carbonyl (C=O) groups is 2. The molecule has 3 aliphatic rings. The normalized spacial score (nSPS) is 22.9. The fourth-order valence-corrected chi connectivity index (χ4v) is 6.04. The van der Waals surface area contributed by atoms with Gasteiger partial charge in [-0.15, -0.1) is 0 Å². The molecule has 1 N–H and O–H groups in total. The molecule has 3 unspecified atom stereocenters. The summed E-state index contributed by atoms with van der Waals surface area (Å²) >= 11 is 6.85. The highest BCUT2D eigenvalue weighted by molar-refractivity contribution is 6.38. The fourth-order valence-electron chi connectivity index (χ4n) is 5.63. The molecule has 1 saturated carbocycles. The largest absolute Gasteiger partial charge is 0.511 e. The first kappa shape index (κ1) is 26.3. The third-order valence-corrected chi connectivity index (χ3v) is 7.79. The van der Waals surface area contributed by atoms with E-state index in [4.69, 9.17) is 21.4 Å². The summed E-state index contributed by atoms with van der Waals surface area (Å²) < 4.78 is 27.6. The van der Waals surface area contributed by atoms with E-state index in [1.165, 1.54) is 6.20 Å². The molecule has 0 bridgehead atoms. The molecular formula is C27H31ClFN3O6. The number of likely N-dealkylation sites (N-methyl/N-ethyl adjacent to an activating group) is 1. The van der Waals surface area contributed by atoms with Crippen molar-refractivity contribution in [1.82, 2.24) is 9.47 Å². The summed E-state index contributed by atoms with van der Waals surface area (Å²) in [5.74, 6) is -0.858. The van der Waals surface area contributed by atoms with Crippen LogP contribution in [0.15, 0.2) is 29.2 Å². The monoisotopic (exact) mass is 547 g/mol. The number of rotatable bonds is 4. The SMILES string of the molecule is CN(C(=O)OC(C)(C)C)C1C=CCC2CN(c3c(F)cc4c(=O)c(OC(=O)O)cn(C5CC5)c4c3Cl)CC21. The molecule has 11 heteroatoms. The van der Waals surface area contributed by atoms with E-state index in [1.54, 1.807) is 16.5 Å². The van der Waals surface area contributed by atoms with Gasteiger partial charge in [-0.2, -0.15) is 0 Å². The van der Waals surface area contributed by atoms with Gasteiger partial charge in [0.15, 0.2) is 5.75 Å². The van der Waals surface area contributed by atoms with Gasteiger partial charge in [0.1, 0.15) is 11.4 Å². The number of nitrogens with zero attached hydrogens (tertiary/aromatic N) is 3. The van der Waals surface area contributed by atoms with Crippen molar-refractivity contribution in [2.24, 2.45) is 11.8 Å². The van der Waals surface area contributed by atoms with E-state index in [0.29, 0.717) is 18.6 Å². The summed E-state index contributed by atoms with van der Waals surface area (Å²) in [4.78, 5) is 40.4. The number of pyridine rings is 1. The number of carbonyl (C=O) groups excluding carboxylic acids is 1. The highest BCUT2D eigenvalue weighted by Gasteiger charge is 2.43. The predicted octanol–water partition coefficient (Wildman–Crippen LogP) is 5.43. The molecule has 5 rings (SSSR count). The minimum atomic E-state index is -1.62. The Labute approximate surface area is 224 Å². The van der Waals surface area contributed by atoms with E-state index in [1.807, 2.05) is 37.8 Å². The molecule has 1 aromatic heterocycles. The van der Waals surface area contributed by atoms with Gasteiger partial charge in [0.05, 0.1) is 33.9 Å². The number of allylic oxidation sites excluding steroid dienone is 1. The van der Waals surface area contributed by atoms with Gasteiger partial charge >= 0.3 is 12.2 Å². The Morgan fingerprint density at radius 2 is 1.95 bits per heavy atom. The molecule has 0 radical (unpaired) electrons. The number of anilines is 1. The average Bonchev–Trinajstić information content (AvgIpc) is 3.57. The lowest BCUT2D eigenvalue weighted by molar-refractivity contribution is 0.0195. The lowest BCUT2D eigenvalue weighted by atomic mass is 9.82. The Bertz CT molecular complexity index is 1400. The van der Waals surface area contributed by atoms with Crippen molar-refractivity contribution in [1.29, 1.82) is 0 Å².